The van der Waals surface area contributed by atoms with Crippen LogP contribution in [-0.4, -0.2) is 18.9 Å². The summed E-state index contributed by atoms with van der Waals surface area (Å²) in [7, 11) is 0. The van der Waals surface area contributed by atoms with Crippen LogP contribution >= 0.6 is 0 Å². The van der Waals surface area contributed by atoms with Gasteiger partial charge in [-0.3, -0.25) is 0 Å². The second-order valence-electron chi connectivity index (χ2n) is 4.46. The summed E-state index contributed by atoms with van der Waals surface area (Å²) in [6.07, 6.45) is 5.52. The third-order valence-electron chi connectivity index (χ3n) is 2.18. The van der Waals surface area contributed by atoms with Crippen LogP contribution in [0, 0.1) is 5.92 Å². The molecule has 0 spiro atoms. The van der Waals surface area contributed by atoms with E-state index in [9.17, 15) is 4.79 Å². The molecule has 0 aliphatic carbocycles. The molecule has 2 nitrogen and oxygen atoms in total. The summed E-state index contributed by atoms with van der Waals surface area (Å²) >= 11 is 0. The number of nitrogens with one attached hydrogen (secondary N) is 1. The van der Waals surface area contributed by atoms with E-state index >= 15 is 0 Å². The fourth-order valence-corrected chi connectivity index (χ4v) is 1.37. The Balaban J connectivity index is -0.000000616. The molecule has 0 bridgehead atoms. The summed E-state index contributed by atoms with van der Waals surface area (Å²) < 4.78 is 0. The molecule has 16 heavy (non-hydrogen) atoms. The summed E-state index contributed by atoms with van der Waals surface area (Å²) in [5, 5.41) is 3.42. The third-order valence-corrected chi connectivity index (χ3v) is 2.18. The predicted molar refractivity (Wildman–Crippen MR) is 74.9 cm³/mol. The first-order valence-corrected chi connectivity index (χ1v) is 6.83. The number of ketones is 1. The number of Topliss-reactive ketones (excluding diaryl/α,β-unsaturated/α-hetero) is 1. The SMILES string of the molecule is CC.CC(=O)CCCCCCNCC(C)C.[HH]. The van der Waals surface area contributed by atoms with Crippen molar-refractivity contribution in [3.05, 3.63) is 0 Å². The molecule has 1 N–H and O–H groups in total. The van der Waals surface area contributed by atoms with E-state index < -0.39 is 0 Å². The molecule has 0 amide bonds. The molecule has 0 aliphatic heterocycles. The standard InChI is InChI=1S/C12H25NO.C2H6.H2/c1-11(2)10-13-9-7-5-4-6-8-12(3)14;1-2;/h11,13H,4-10H2,1-3H3;1-2H3;1H. The first-order valence-electron chi connectivity index (χ1n) is 6.83. The molecule has 0 radical (unpaired) electrons. The Morgan fingerprint density at radius 1 is 1.12 bits per heavy atom. The maximum atomic E-state index is 10.6. The molecule has 0 aliphatic rings. The van der Waals surface area contributed by atoms with Gasteiger partial charge < -0.3 is 10.1 Å². The lowest BCUT2D eigenvalue weighted by Crippen LogP contribution is -2.20. The second kappa shape index (κ2) is 14.6. The van der Waals surface area contributed by atoms with Crippen LogP contribution in [0.4, 0.5) is 0 Å². The van der Waals surface area contributed by atoms with Crippen molar-refractivity contribution in [2.45, 2.75) is 66.7 Å². The van der Waals surface area contributed by atoms with Crippen LogP contribution in [0.2, 0.25) is 0 Å². The summed E-state index contributed by atoms with van der Waals surface area (Å²) in [6, 6.07) is 0. The maximum absolute atomic E-state index is 10.6. The first-order chi connectivity index (χ1) is 7.63. The van der Waals surface area contributed by atoms with Crippen molar-refractivity contribution >= 4 is 5.78 Å². The molecule has 100 valence electrons. The van der Waals surface area contributed by atoms with E-state index in [0.717, 1.165) is 31.8 Å². The first kappa shape index (κ1) is 18.0. The minimum absolute atomic E-state index is 0. The van der Waals surface area contributed by atoms with Crippen molar-refractivity contribution in [2.24, 2.45) is 5.92 Å². The van der Waals surface area contributed by atoms with Gasteiger partial charge in [-0.15, -0.1) is 0 Å². The van der Waals surface area contributed by atoms with Crippen molar-refractivity contribution in [3.8, 4) is 0 Å². The highest BCUT2D eigenvalue weighted by Crippen LogP contribution is 2.02. The largest absolute Gasteiger partial charge is 0.316 e. The van der Waals surface area contributed by atoms with E-state index in [1.54, 1.807) is 6.92 Å². The molecule has 0 saturated heterocycles. The fourth-order valence-electron chi connectivity index (χ4n) is 1.37. The summed E-state index contributed by atoms with van der Waals surface area (Å²) in [6.45, 7) is 12.4. The smallest absolute Gasteiger partial charge is 0.129 e. The van der Waals surface area contributed by atoms with E-state index in [2.05, 4.69) is 19.2 Å². The summed E-state index contributed by atoms with van der Waals surface area (Å²) in [5.41, 5.74) is 0. The van der Waals surface area contributed by atoms with E-state index in [-0.39, 0.29) is 1.43 Å². The molecule has 0 aromatic rings. The minimum Gasteiger partial charge on any atom is -0.316 e. The Morgan fingerprint density at radius 2 is 1.69 bits per heavy atom. The lowest BCUT2D eigenvalue weighted by atomic mass is 10.1. The minimum atomic E-state index is 0. The van der Waals surface area contributed by atoms with E-state index in [1.165, 1.54) is 19.3 Å². The van der Waals surface area contributed by atoms with Crippen molar-refractivity contribution in [1.29, 1.82) is 0 Å². The highest BCUT2D eigenvalue weighted by Gasteiger charge is 1.95. The van der Waals surface area contributed by atoms with Crippen LogP contribution in [0.1, 0.15) is 68.1 Å². The molecule has 0 saturated carbocycles. The van der Waals surface area contributed by atoms with Crippen molar-refractivity contribution < 1.29 is 6.22 Å². The number of hydrogen-bond acceptors (Lipinski definition) is 2. The van der Waals surface area contributed by atoms with Gasteiger partial charge in [0.25, 0.3) is 0 Å². The van der Waals surface area contributed by atoms with Crippen LogP contribution in [0.15, 0.2) is 0 Å². The zero-order valence-corrected chi connectivity index (χ0v) is 11.9. The van der Waals surface area contributed by atoms with Gasteiger partial charge in [-0.25, -0.2) is 0 Å². The quantitative estimate of drug-likeness (QED) is 0.607. The van der Waals surface area contributed by atoms with E-state index in [4.69, 9.17) is 0 Å². The van der Waals surface area contributed by atoms with Crippen LogP contribution in [0.3, 0.4) is 0 Å². The van der Waals surface area contributed by atoms with Gasteiger partial charge in [-0.2, -0.15) is 0 Å². The molecule has 0 rings (SSSR count). The van der Waals surface area contributed by atoms with Crippen molar-refractivity contribution in [3.63, 3.8) is 0 Å². The zero-order chi connectivity index (χ0) is 12.8. The van der Waals surface area contributed by atoms with Crippen molar-refractivity contribution in [1.82, 2.24) is 5.32 Å². The molecule has 2 heteroatoms. The molecule has 0 atom stereocenters. The monoisotopic (exact) mass is 231 g/mol. The Labute approximate surface area is 104 Å². The topological polar surface area (TPSA) is 29.1 Å². The highest BCUT2D eigenvalue weighted by molar-refractivity contribution is 5.75. The molecular formula is C14H33NO. The van der Waals surface area contributed by atoms with Gasteiger partial charge in [-0.05, 0) is 38.8 Å². The van der Waals surface area contributed by atoms with Crippen LogP contribution < -0.4 is 5.32 Å². The Morgan fingerprint density at radius 3 is 2.19 bits per heavy atom. The van der Waals surface area contributed by atoms with E-state index in [1.807, 2.05) is 13.8 Å². The second-order valence-corrected chi connectivity index (χ2v) is 4.46. The van der Waals surface area contributed by atoms with E-state index in [0.29, 0.717) is 5.78 Å². The molecule has 0 aromatic heterocycles. The Kier molecular flexibility index (Phi) is 16.5. The van der Waals surface area contributed by atoms with Gasteiger partial charge in [-0.1, -0.05) is 40.5 Å². The van der Waals surface area contributed by atoms with Crippen LogP contribution in [-0.2, 0) is 4.79 Å². The van der Waals surface area contributed by atoms with Gasteiger partial charge in [0, 0.05) is 7.85 Å². The highest BCUT2D eigenvalue weighted by atomic mass is 16.1. The number of carbonyl (C=O) groups is 1. The third kappa shape index (κ3) is 19.2. The molecule has 0 aromatic carbocycles. The average molecular weight is 231 g/mol. The lowest BCUT2D eigenvalue weighted by molar-refractivity contribution is -0.117. The Hall–Kier alpha value is -0.370. The number of unbranched alkanes of at least 4 members (excludes halogenated alkanes) is 3. The van der Waals surface area contributed by atoms with Gasteiger partial charge in [0.05, 0.1) is 0 Å². The fraction of sp³-hybridized carbons (Fsp3) is 0.929. The number of carbonyl (C=O) groups excluding carboxylic acids is 1. The van der Waals surface area contributed by atoms with Gasteiger partial charge in [0.1, 0.15) is 5.78 Å². The average Bonchev–Trinajstić information content (AvgIpc) is 2.24. The van der Waals surface area contributed by atoms with Crippen LogP contribution in [0.5, 0.6) is 0 Å². The number of rotatable bonds is 9. The summed E-state index contributed by atoms with van der Waals surface area (Å²) in [4.78, 5) is 10.6. The number of hydrogen-bond donors (Lipinski definition) is 1. The molecular weight excluding hydrogens is 198 g/mol. The molecule has 0 unspecified atom stereocenters. The van der Waals surface area contributed by atoms with Crippen LogP contribution in [0.25, 0.3) is 0 Å². The zero-order valence-electron chi connectivity index (χ0n) is 11.9. The molecule has 0 fully saturated rings. The van der Waals surface area contributed by atoms with Gasteiger partial charge >= 0.3 is 0 Å². The normalized spacial score (nSPS) is 9.88. The lowest BCUT2D eigenvalue weighted by Gasteiger charge is -2.06. The van der Waals surface area contributed by atoms with Gasteiger partial charge in [0.2, 0.25) is 0 Å². The molecule has 0 heterocycles. The van der Waals surface area contributed by atoms with Crippen molar-refractivity contribution in [2.75, 3.05) is 13.1 Å². The Bertz CT molecular complexity index is 149. The summed E-state index contributed by atoms with van der Waals surface area (Å²) in [5.74, 6) is 1.07. The van der Waals surface area contributed by atoms with Gasteiger partial charge in [0.15, 0.2) is 0 Å². The maximum Gasteiger partial charge on any atom is 0.129 e. The predicted octanol–water partition coefficient (Wildman–Crippen LogP) is 4.04.